The molecule has 0 bridgehead atoms. The minimum absolute atomic E-state index is 0.510. The van der Waals surface area contributed by atoms with Gasteiger partial charge in [0.1, 0.15) is 17.3 Å². The topological polar surface area (TPSA) is 68.6 Å². The average Bonchev–Trinajstić information content (AvgIpc) is 2.75. The summed E-state index contributed by atoms with van der Waals surface area (Å²) in [4.78, 5) is 13.1. The zero-order valence-electron chi connectivity index (χ0n) is 16.2. The van der Waals surface area contributed by atoms with Gasteiger partial charge in [-0.15, -0.1) is 0 Å². The van der Waals surface area contributed by atoms with E-state index in [4.69, 9.17) is 9.47 Å². The average molecular weight is 374 g/mol. The van der Waals surface area contributed by atoms with Crippen LogP contribution in [0.25, 0.3) is 27.6 Å². The predicted molar refractivity (Wildman–Crippen MR) is 115 cm³/mol. The predicted octanol–water partition coefficient (Wildman–Crippen LogP) is 4.58. The summed E-state index contributed by atoms with van der Waals surface area (Å²) in [6, 6.07) is 11.7. The molecule has 0 spiro atoms. The Kier molecular flexibility index (Phi) is 5.69. The normalized spacial score (nSPS) is 11.2. The van der Waals surface area contributed by atoms with E-state index in [0.717, 1.165) is 27.8 Å². The Bertz CT molecular complexity index is 1070. The van der Waals surface area contributed by atoms with Crippen molar-refractivity contribution in [3.63, 3.8) is 0 Å². The lowest BCUT2D eigenvalue weighted by molar-refractivity contribution is 0.414. The van der Waals surface area contributed by atoms with Crippen LogP contribution < -0.4 is 14.8 Å². The molecule has 6 nitrogen and oxygen atoms in total. The number of benzene rings is 2. The fraction of sp³-hybridized carbons (Fsp3) is 0.136. The van der Waals surface area contributed by atoms with Gasteiger partial charge in [0.25, 0.3) is 0 Å². The van der Waals surface area contributed by atoms with Crippen LogP contribution >= 0.6 is 0 Å². The standard InChI is InChI=1S/C22H22N4O2/c1-6-14(13-23-2)21-25-19-12-20(28-5)17(11-18(19)22(24-3)26-21)15-8-7-9-16(10-15)27-4/h6-13H,1-2H2,3-5H3,(H,24,25,26)/b14-13+. The van der Waals surface area contributed by atoms with E-state index in [0.29, 0.717) is 23.0 Å². The number of ether oxygens (including phenoxy) is 2. The molecule has 3 rings (SSSR count). The van der Waals surface area contributed by atoms with Crippen LogP contribution in [-0.4, -0.2) is 38.0 Å². The largest absolute Gasteiger partial charge is 0.497 e. The zero-order valence-corrected chi connectivity index (χ0v) is 16.2. The molecule has 0 unspecified atom stereocenters. The Balaban J connectivity index is 2.28. The van der Waals surface area contributed by atoms with Gasteiger partial charge in [-0.25, -0.2) is 9.97 Å². The molecule has 0 aliphatic rings. The highest BCUT2D eigenvalue weighted by molar-refractivity contribution is 5.96. The van der Waals surface area contributed by atoms with Gasteiger partial charge in [0, 0.05) is 35.8 Å². The molecule has 0 radical (unpaired) electrons. The van der Waals surface area contributed by atoms with E-state index in [1.165, 1.54) is 0 Å². The first kappa shape index (κ1) is 19.1. The Hall–Kier alpha value is -3.67. The fourth-order valence-corrected chi connectivity index (χ4v) is 2.96. The molecule has 3 aromatic rings. The fourth-order valence-electron chi connectivity index (χ4n) is 2.96. The van der Waals surface area contributed by atoms with Crippen molar-refractivity contribution in [2.75, 3.05) is 26.6 Å². The molecule has 0 aliphatic carbocycles. The van der Waals surface area contributed by atoms with Crippen LogP contribution in [0.1, 0.15) is 5.82 Å². The van der Waals surface area contributed by atoms with Gasteiger partial charge >= 0.3 is 0 Å². The number of hydrogen-bond donors (Lipinski definition) is 1. The van der Waals surface area contributed by atoms with Gasteiger partial charge in [-0.1, -0.05) is 24.8 Å². The summed E-state index contributed by atoms with van der Waals surface area (Å²) in [5.74, 6) is 2.69. The number of allylic oxidation sites excluding steroid dienone is 2. The first-order valence-electron chi connectivity index (χ1n) is 8.66. The van der Waals surface area contributed by atoms with Crippen LogP contribution in [0.5, 0.6) is 11.5 Å². The molecular formula is C22H22N4O2. The molecule has 0 fully saturated rings. The second-order valence-electron chi connectivity index (χ2n) is 5.92. The van der Waals surface area contributed by atoms with Crippen molar-refractivity contribution in [1.82, 2.24) is 9.97 Å². The molecule has 142 valence electrons. The Morgan fingerprint density at radius 1 is 1.14 bits per heavy atom. The minimum atomic E-state index is 0.510. The van der Waals surface area contributed by atoms with Crippen molar-refractivity contribution in [2.45, 2.75) is 0 Å². The molecule has 1 N–H and O–H groups in total. The highest BCUT2D eigenvalue weighted by atomic mass is 16.5. The van der Waals surface area contributed by atoms with Crippen LogP contribution in [0.15, 0.2) is 60.2 Å². The summed E-state index contributed by atoms with van der Waals surface area (Å²) >= 11 is 0. The van der Waals surface area contributed by atoms with Crippen molar-refractivity contribution >= 4 is 29.0 Å². The lowest BCUT2D eigenvalue weighted by Gasteiger charge is -2.14. The van der Waals surface area contributed by atoms with E-state index in [1.807, 2.05) is 43.4 Å². The van der Waals surface area contributed by atoms with Crippen molar-refractivity contribution in [1.29, 1.82) is 0 Å². The van der Waals surface area contributed by atoms with Crippen molar-refractivity contribution in [3.05, 3.63) is 61.1 Å². The maximum absolute atomic E-state index is 5.64. The minimum Gasteiger partial charge on any atom is -0.497 e. The van der Waals surface area contributed by atoms with E-state index in [-0.39, 0.29) is 0 Å². The smallest absolute Gasteiger partial charge is 0.163 e. The molecule has 0 saturated heterocycles. The molecule has 2 aromatic carbocycles. The van der Waals surface area contributed by atoms with E-state index >= 15 is 0 Å². The lowest BCUT2D eigenvalue weighted by Crippen LogP contribution is -2.02. The van der Waals surface area contributed by atoms with Gasteiger partial charge in [-0.05, 0) is 30.5 Å². The maximum atomic E-state index is 5.64. The second kappa shape index (κ2) is 8.35. The molecule has 1 aromatic heterocycles. The summed E-state index contributed by atoms with van der Waals surface area (Å²) in [6.07, 6.45) is 3.23. The molecule has 1 heterocycles. The zero-order chi connectivity index (χ0) is 20.1. The summed E-state index contributed by atoms with van der Waals surface area (Å²) < 4.78 is 11.0. The monoisotopic (exact) mass is 374 g/mol. The van der Waals surface area contributed by atoms with Crippen LogP contribution in [0.4, 0.5) is 5.82 Å². The second-order valence-corrected chi connectivity index (χ2v) is 5.92. The number of aliphatic imine (C=N–C) groups is 1. The van der Waals surface area contributed by atoms with Crippen LogP contribution in [0.2, 0.25) is 0 Å². The summed E-state index contributed by atoms with van der Waals surface area (Å²) in [5, 5.41) is 4.02. The van der Waals surface area contributed by atoms with E-state index < -0.39 is 0 Å². The van der Waals surface area contributed by atoms with Gasteiger partial charge < -0.3 is 14.8 Å². The molecule has 0 aliphatic heterocycles. The van der Waals surface area contributed by atoms with E-state index in [1.54, 1.807) is 26.5 Å². The molecule has 28 heavy (non-hydrogen) atoms. The number of fused-ring (bicyclic) bond motifs is 1. The van der Waals surface area contributed by atoms with Crippen LogP contribution in [-0.2, 0) is 0 Å². The quantitative estimate of drug-likeness (QED) is 0.484. The SMILES string of the molecule is C=C/C(=C\N=C)c1nc(NC)c2cc(-c3cccc(OC)c3)c(OC)cc2n1. The van der Waals surface area contributed by atoms with Crippen LogP contribution in [0.3, 0.4) is 0 Å². The third-order valence-electron chi connectivity index (χ3n) is 4.34. The number of hydrogen-bond acceptors (Lipinski definition) is 6. The third-order valence-corrected chi connectivity index (χ3v) is 4.34. The number of aromatic nitrogens is 2. The third kappa shape index (κ3) is 3.57. The van der Waals surface area contributed by atoms with Crippen molar-refractivity contribution in [2.24, 2.45) is 4.99 Å². The molecular weight excluding hydrogens is 352 g/mol. The number of anilines is 1. The van der Waals surface area contributed by atoms with Crippen molar-refractivity contribution in [3.8, 4) is 22.6 Å². The van der Waals surface area contributed by atoms with Crippen molar-refractivity contribution < 1.29 is 9.47 Å². The van der Waals surface area contributed by atoms with Crippen LogP contribution in [0, 0.1) is 0 Å². The maximum Gasteiger partial charge on any atom is 0.163 e. The molecule has 0 saturated carbocycles. The summed E-state index contributed by atoms with van der Waals surface area (Å²) in [6.45, 7) is 7.29. The highest BCUT2D eigenvalue weighted by Gasteiger charge is 2.15. The first-order valence-corrected chi connectivity index (χ1v) is 8.66. The summed E-state index contributed by atoms with van der Waals surface area (Å²) in [5.41, 5.74) is 3.33. The first-order chi connectivity index (χ1) is 13.6. The Morgan fingerprint density at radius 2 is 1.96 bits per heavy atom. The van der Waals surface area contributed by atoms with E-state index in [2.05, 4.69) is 33.6 Å². The number of methoxy groups -OCH3 is 2. The Morgan fingerprint density at radius 3 is 2.61 bits per heavy atom. The Labute approximate surface area is 164 Å². The van der Waals surface area contributed by atoms with Gasteiger partial charge in [-0.3, -0.25) is 4.99 Å². The lowest BCUT2D eigenvalue weighted by atomic mass is 10.0. The van der Waals surface area contributed by atoms with Gasteiger partial charge in [0.05, 0.1) is 19.7 Å². The molecule has 0 atom stereocenters. The van der Waals surface area contributed by atoms with E-state index in [9.17, 15) is 0 Å². The molecule has 0 amide bonds. The van der Waals surface area contributed by atoms with Gasteiger partial charge in [0.2, 0.25) is 0 Å². The van der Waals surface area contributed by atoms with Gasteiger partial charge in [0.15, 0.2) is 5.82 Å². The highest BCUT2D eigenvalue weighted by Crippen LogP contribution is 2.37. The number of nitrogens with zero attached hydrogens (tertiary/aromatic N) is 3. The molecule has 6 heteroatoms. The number of rotatable bonds is 7. The van der Waals surface area contributed by atoms with Gasteiger partial charge in [-0.2, -0.15) is 0 Å². The number of nitrogens with one attached hydrogen (secondary N) is 1. The summed E-state index contributed by atoms with van der Waals surface area (Å²) in [7, 11) is 5.11.